The van der Waals surface area contributed by atoms with Crippen molar-refractivity contribution in [2.75, 3.05) is 11.9 Å². The second-order valence-corrected chi connectivity index (χ2v) is 10.4. The molecule has 0 fully saturated rings. The molecule has 1 amide bonds. The van der Waals surface area contributed by atoms with E-state index in [0.717, 1.165) is 0 Å². The molecule has 0 saturated heterocycles. The van der Waals surface area contributed by atoms with Gasteiger partial charge in [0.15, 0.2) is 0 Å². The van der Waals surface area contributed by atoms with Crippen LogP contribution in [0.1, 0.15) is 22.8 Å². The Morgan fingerprint density at radius 3 is 2.44 bits per heavy atom. The SMILES string of the molecule is CCOc1cc(Cl)ccc1NC(=O)c1cc2ccccc2c(N=Nc2c(Cl)cc(C)cc2S(=O)(=O)O)c1[O-].[Na+]. The minimum absolute atomic E-state index is 0. The molecule has 9 nitrogen and oxygen atoms in total. The van der Waals surface area contributed by atoms with Crippen LogP contribution in [-0.2, 0) is 10.1 Å². The van der Waals surface area contributed by atoms with Gasteiger partial charge in [-0.05, 0) is 55.1 Å². The number of anilines is 1. The Morgan fingerprint density at radius 2 is 1.74 bits per heavy atom. The molecule has 0 atom stereocenters. The van der Waals surface area contributed by atoms with Crippen LogP contribution in [-0.4, -0.2) is 25.5 Å². The number of ether oxygens (including phenoxy) is 1. The van der Waals surface area contributed by atoms with E-state index >= 15 is 0 Å². The molecule has 0 unspecified atom stereocenters. The standard InChI is InChI=1S/C26H21Cl2N3O6S.Na/c1-3-37-21-13-16(27)8-9-20(21)29-26(33)18-12-15-6-4-5-7-17(15)23(25(18)32)30-31-24-19(28)10-14(2)11-22(24)38(34,35)36;/h4-13,32H,3H2,1-2H3,(H,29,33)(H,34,35,36);/q;+1/p-1. The Morgan fingerprint density at radius 1 is 1.05 bits per heavy atom. The summed E-state index contributed by atoms with van der Waals surface area (Å²) < 4.78 is 39.0. The zero-order chi connectivity index (χ0) is 27.6. The maximum absolute atomic E-state index is 13.5. The Kier molecular flexibility index (Phi) is 10.0. The summed E-state index contributed by atoms with van der Waals surface area (Å²) in [6, 6.07) is 15.4. The van der Waals surface area contributed by atoms with Crippen LogP contribution in [0.15, 0.2) is 75.8 Å². The maximum Gasteiger partial charge on any atom is 1.00 e. The first kappa shape index (κ1) is 30.8. The Bertz CT molecular complexity index is 1710. The predicted molar refractivity (Wildman–Crippen MR) is 144 cm³/mol. The van der Waals surface area contributed by atoms with Gasteiger partial charge in [0.05, 0.1) is 23.0 Å². The number of carbonyl (C=O) groups is 1. The van der Waals surface area contributed by atoms with E-state index in [1.807, 2.05) is 0 Å². The monoisotopic (exact) mass is 595 g/mol. The number of azo groups is 1. The second kappa shape index (κ2) is 12.6. The normalized spacial score (nSPS) is 11.4. The molecule has 13 heteroatoms. The summed E-state index contributed by atoms with van der Waals surface area (Å²) in [5, 5.41) is 25.2. The fourth-order valence-electron chi connectivity index (χ4n) is 3.74. The molecule has 39 heavy (non-hydrogen) atoms. The Hall–Kier alpha value is -2.70. The van der Waals surface area contributed by atoms with Crippen LogP contribution in [0.2, 0.25) is 10.0 Å². The van der Waals surface area contributed by atoms with Gasteiger partial charge >= 0.3 is 29.6 Å². The number of benzene rings is 4. The summed E-state index contributed by atoms with van der Waals surface area (Å²) in [7, 11) is -4.71. The fraction of sp³-hybridized carbons (Fsp3) is 0.115. The van der Waals surface area contributed by atoms with E-state index in [4.69, 9.17) is 27.9 Å². The average molecular weight is 596 g/mol. The first-order valence-corrected chi connectivity index (χ1v) is 13.3. The number of rotatable bonds is 7. The van der Waals surface area contributed by atoms with Crippen molar-refractivity contribution in [3.63, 3.8) is 0 Å². The third-order valence-corrected chi connectivity index (χ3v) is 6.80. The third-order valence-electron chi connectivity index (χ3n) is 5.41. The molecule has 0 aliphatic carbocycles. The number of nitrogens with zero attached hydrogens (tertiary/aromatic N) is 2. The van der Waals surface area contributed by atoms with Crippen molar-refractivity contribution in [3.8, 4) is 11.5 Å². The topological polar surface area (TPSA) is 140 Å². The summed E-state index contributed by atoms with van der Waals surface area (Å²) >= 11 is 12.2. The van der Waals surface area contributed by atoms with Gasteiger partial charge in [0, 0.05) is 22.0 Å². The number of amides is 1. The molecule has 0 saturated carbocycles. The summed E-state index contributed by atoms with van der Waals surface area (Å²) in [6.45, 7) is 3.69. The van der Waals surface area contributed by atoms with Crippen molar-refractivity contribution in [1.29, 1.82) is 0 Å². The second-order valence-electron chi connectivity index (χ2n) is 8.12. The summed E-state index contributed by atoms with van der Waals surface area (Å²) in [6.07, 6.45) is 0. The van der Waals surface area contributed by atoms with Crippen molar-refractivity contribution in [2.24, 2.45) is 10.2 Å². The molecule has 4 aromatic rings. The summed E-state index contributed by atoms with van der Waals surface area (Å²) in [5.41, 5.74) is -0.0296. The largest absolute Gasteiger partial charge is 1.00 e. The van der Waals surface area contributed by atoms with Crippen LogP contribution in [0.3, 0.4) is 0 Å². The van der Waals surface area contributed by atoms with Crippen LogP contribution in [0.4, 0.5) is 17.1 Å². The quantitative estimate of drug-likeness (QED) is 0.189. The van der Waals surface area contributed by atoms with Gasteiger partial charge in [-0.15, -0.1) is 5.11 Å². The number of aryl methyl sites for hydroxylation is 1. The van der Waals surface area contributed by atoms with E-state index in [1.54, 1.807) is 50.2 Å². The molecule has 4 aromatic carbocycles. The minimum Gasteiger partial charge on any atom is -0.870 e. The van der Waals surface area contributed by atoms with E-state index < -0.39 is 26.7 Å². The van der Waals surface area contributed by atoms with Gasteiger partial charge in [0.2, 0.25) is 0 Å². The van der Waals surface area contributed by atoms with Crippen molar-refractivity contribution in [1.82, 2.24) is 0 Å². The van der Waals surface area contributed by atoms with E-state index in [1.165, 1.54) is 24.3 Å². The summed E-state index contributed by atoms with van der Waals surface area (Å²) in [5.74, 6) is -1.16. The van der Waals surface area contributed by atoms with Crippen molar-refractivity contribution >= 4 is 67.1 Å². The van der Waals surface area contributed by atoms with Gasteiger partial charge < -0.3 is 15.2 Å². The van der Waals surface area contributed by atoms with Gasteiger partial charge in [-0.3, -0.25) is 9.35 Å². The van der Waals surface area contributed by atoms with E-state index in [0.29, 0.717) is 39.4 Å². The third kappa shape index (κ3) is 6.90. The zero-order valence-corrected chi connectivity index (χ0v) is 25.4. The fourth-order valence-corrected chi connectivity index (χ4v) is 5.00. The molecule has 2 N–H and O–H groups in total. The van der Waals surface area contributed by atoms with Crippen LogP contribution in [0.25, 0.3) is 10.8 Å². The number of hydrogen-bond acceptors (Lipinski definition) is 7. The van der Waals surface area contributed by atoms with Crippen molar-refractivity contribution < 1.29 is 57.2 Å². The molecule has 0 aliphatic rings. The number of fused-ring (bicyclic) bond motifs is 1. The van der Waals surface area contributed by atoms with E-state index in [9.17, 15) is 22.9 Å². The average Bonchev–Trinajstić information content (AvgIpc) is 2.85. The maximum atomic E-state index is 13.5. The molecule has 0 bridgehead atoms. The number of halogens is 2. The van der Waals surface area contributed by atoms with Crippen LogP contribution in [0.5, 0.6) is 11.5 Å². The minimum atomic E-state index is -4.71. The van der Waals surface area contributed by atoms with Gasteiger partial charge in [-0.2, -0.15) is 13.5 Å². The molecular formula is C26H20Cl2N3NaO6S. The van der Waals surface area contributed by atoms with Crippen LogP contribution < -0.4 is 44.7 Å². The Labute approximate surface area is 256 Å². The molecule has 0 heterocycles. The van der Waals surface area contributed by atoms with Gasteiger partial charge in [0.25, 0.3) is 16.0 Å². The molecule has 0 aromatic heterocycles. The first-order valence-electron chi connectivity index (χ1n) is 11.2. The van der Waals surface area contributed by atoms with Crippen molar-refractivity contribution in [2.45, 2.75) is 18.7 Å². The number of carbonyl (C=O) groups excluding carboxylic acids is 1. The van der Waals surface area contributed by atoms with Gasteiger partial charge in [0.1, 0.15) is 16.3 Å². The summed E-state index contributed by atoms with van der Waals surface area (Å²) in [4.78, 5) is 12.7. The van der Waals surface area contributed by atoms with Gasteiger partial charge in [-0.25, -0.2) is 0 Å². The van der Waals surface area contributed by atoms with Crippen molar-refractivity contribution in [3.05, 3.63) is 81.8 Å². The molecule has 4 rings (SSSR count). The predicted octanol–water partition coefficient (Wildman–Crippen LogP) is 3.85. The molecule has 0 aliphatic heterocycles. The molecular weight excluding hydrogens is 576 g/mol. The Balaban J connectivity index is 0.00000420. The van der Waals surface area contributed by atoms with Crippen LogP contribution >= 0.6 is 23.2 Å². The number of nitrogens with one attached hydrogen (secondary N) is 1. The van der Waals surface area contributed by atoms with E-state index in [-0.39, 0.29) is 51.5 Å². The van der Waals surface area contributed by atoms with Crippen LogP contribution in [0, 0.1) is 6.92 Å². The molecule has 0 radical (unpaired) electrons. The smallest absolute Gasteiger partial charge is 0.870 e. The molecule has 196 valence electrons. The van der Waals surface area contributed by atoms with Gasteiger partial charge in [-0.1, -0.05) is 53.2 Å². The van der Waals surface area contributed by atoms with E-state index in [2.05, 4.69) is 15.5 Å². The number of hydrogen-bond donors (Lipinski definition) is 2. The molecule has 0 spiro atoms. The first-order chi connectivity index (χ1) is 18.0. The zero-order valence-electron chi connectivity index (χ0n) is 21.0.